The van der Waals surface area contributed by atoms with Gasteiger partial charge < -0.3 is 15.2 Å². The van der Waals surface area contributed by atoms with Crippen LogP contribution in [-0.4, -0.2) is 26.6 Å². The average molecular weight is 454 g/mol. The zero-order valence-electron chi connectivity index (χ0n) is 18.6. The standard InChI is InChI=1S/C25H27NO5S/c1-17-10-12-20(32(28,29)19-8-6-5-7-9-19)15-21(17)22-14-18(26)11-13-23(22)30-16-24(27)31-25(2,3)4/h5-15H,16,26H2,1-4H3. The van der Waals surface area contributed by atoms with Crippen molar-refractivity contribution in [2.75, 3.05) is 12.3 Å². The summed E-state index contributed by atoms with van der Waals surface area (Å²) < 4.78 is 37.3. The first-order valence-corrected chi connectivity index (χ1v) is 11.6. The molecule has 168 valence electrons. The lowest BCUT2D eigenvalue weighted by Crippen LogP contribution is -2.27. The molecule has 0 fully saturated rings. The second-order valence-corrected chi connectivity index (χ2v) is 10.4. The normalized spacial score (nSPS) is 11.8. The van der Waals surface area contributed by atoms with Crippen molar-refractivity contribution in [2.45, 2.75) is 43.1 Å². The highest BCUT2D eigenvalue weighted by Crippen LogP contribution is 2.36. The Bertz CT molecular complexity index is 1230. The summed E-state index contributed by atoms with van der Waals surface area (Å²) in [5, 5.41) is 0. The number of carbonyl (C=O) groups is 1. The van der Waals surface area contributed by atoms with E-state index in [4.69, 9.17) is 15.2 Å². The average Bonchev–Trinajstić information content (AvgIpc) is 2.72. The van der Waals surface area contributed by atoms with Crippen LogP contribution in [0.2, 0.25) is 0 Å². The van der Waals surface area contributed by atoms with Gasteiger partial charge in [-0.25, -0.2) is 13.2 Å². The number of esters is 1. The Hall–Kier alpha value is -3.32. The lowest BCUT2D eigenvalue weighted by Gasteiger charge is -2.20. The van der Waals surface area contributed by atoms with Gasteiger partial charge in [0.05, 0.1) is 9.79 Å². The van der Waals surface area contributed by atoms with Crippen LogP contribution < -0.4 is 10.5 Å². The lowest BCUT2D eigenvalue weighted by atomic mass is 9.99. The topological polar surface area (TPSA) is 95.7 Å². The molecule has 0 aliphatic carbocycles. The van der Waals surface area contributed by atoms with Crippen molar-refractivity contribution < 1.29 is 22.7 Å². The van der Waals surface area contributed by atoms with Crippen LogP contribution in [0.15, 0.2) is 76.5 Å². The summed E-state index contributed by atoms with van der Waals surface area (Å²) in [6.07, 6.45) is 0. The largest absolute Gasteiger partial charge is 0.481 e. The van der Waals surface area contributed by atoms with Crippen molar-refractivity contribution in [3.8, 4) is 16.9 Å². The maximum atomic E-state index is 13.1. The van der Waals surface area contributed by atoms with Crippen molar-refractivity contribution in [3.05, 3.63) is 72.3 Å². The molecule has 0 aromatic heterocycles. The summed E-state index contributed by atoms with van der Waals surface area (Å²) in [6.45, 7) is 6.93. The highest BCUT2D eigenvalue weighted by Gasteiger charge is 2.21. The molecule has 0 saturated heterocycles. The van der Waals surface area contributed by atoms with Crippen LogP contribution in [0, 0.1) is 6.92 Å². The van der Waals surface area contributed by atoms with E-state index in [1.807, 2.05) is 6.92 Å². The van der Waals surface area contributed by atoms with E-state index in [9.17, 15) is 13.2 Å². The molecule has 0 atom stereocenters. The van der Waals surface area contributed by atoms with Gasteiger partial charge in [0.25, 0.3) is 0 Å². The number of aryl methyl sites for hydroxylation is 1. The second kappa shape index (κ2) is 9.04. The predicted molar refractivity (Wildman–Crippen MR) is 124 cm³/mol. The van der Waals surface area contributed by atoms with Crippen LogP contribution in [0.4, 0.5) is 5.69 Å². The highest BCUT2D eigenvalue weighted by atomic mass is 32.2. The molecule has 2 N–H and O–H groups in total. The first-order chi connectivity index (χ1) is 15.0. The summed E-state index contributed by atoms with van der Waals surface area (Å²) in [5.74, 6) is -0.0974. The Morgan fingerprint density at radius 1 is 0.906 bits per heavy atom. The molecule has 0 spiro atoms. The molecule has 0 bridgehead atoms. The van der Waals surface area contributed by atoms with E-state index in [0.717, 1.165) is 5.56 Å². The van der Waals surface area contributed by atoms with E-state index < -0.39 is 21.4 Å². The third-order valence-corrected chi connectivity index (χ3v) is 6.40. The molecule has 3 aromatic carbocycles. The number of nitrogen functional groups attached to an aromatic ring is 1. The fraction of sp³-hybridized carbons (Fsp3) is 0.240. The number of anilines is 1. The van der Waals surface area contributed by atoms with E-state index in [2.05, 4.69) is 0 Å². The summed E-state index contributed by atoms with van der Waals surface area (Å²) in [4.78, 5) is 12.5. The van der Waals surface area contributed by atoms with Crippen LogP contribution in [0.3, 0.4) is 0 Å². The fourth-order valence-electron chi connectivity index (χ4n) is 3.19. The Balaban J connectivity index is 2.00. The SMILES string of the molecule is Cc1ccc(S(=O)(=O)c2ccccc2)cc1-c1cc(N)ccc1OCC(=O)OC(C)(C)C. The molecule has 0 saturated carbocycles. The number of sulfone groups is 1. The Morgan fingerprint density at radius 3 is 2.25 bits per heavy atom. The van der Waals surface area contributed by atoms with Crippen LogP contribution >= 0.6 is 0 Å². The minimum atomic E-state index is -3.70. The Kier molecular flexibility index (Phi) is 6.60. The van der Waals surface area contributed by atoms with Crippen molar-refractivity contribution in [3.63, 3.8) is 0 Å². The molecule has 0 radical (unpaired) electrons. The van der Waals surface area contributed by atoms with Gasteiger partial charge in [0.2, 0.25) is 9.84 Å². The van der Waals surface area contributed by atoms with Gasteiger partial charge in [-0.3, -0.25) is 0 Å². The van der Waals surface area contributed by atoms with Crippen LogP contribution in [0.1, 0.15) is 26.3 Å². The number of benzene rings is 3. The van der Waals surface area contributed by atoms with Gasteiger partial charge >= 0.3 is 5.97 Å². The van der Waals surface area contributed by atoms with Crippen LogP contribution in [-0.2, 0) is 19.4 Å². The Labute approximate surface area is 188 Å². The highest BCUT2D eigenvalue weighted by molar-refractivity contribution is 7.91. The number of hydrogen-bond donors (Lipinski definition) is 1. The summed E-state index contributed by atoms with van der Waals surface area (Å²) in [5.41, 5.74) is 7.94. The molecule has 0 amide bonds. The Morgan fingerprint density at radius 2 is 1.59 bits per heavy atom. The van der Waals surface area contributed by atoms with E-state index in [0.29, 0.717) is 22.6 Å². The maximum absolute atomic E-state index is 13.1. The quantitative estimate of drug-likeness (QED) is 0.426. The number of rotatable bonds is 6. The molecule has 6 nitrogen and oxygen atoms in total. The van der Waals surface area contributed by atoms with Gasteiger partial charge in [-0.15, -0.1) is 0 Å². The smallest absolute Gasteiger partial charge is 0.344 e. The van der Waals surface area contributed by atoms with Crippen molar-refractivity contribution >= 4 is 21.5 Å². The second-order valence-electron chi connectivity index (χ2n) is 8.42. The molecule has 32 heavy (non-hydrogen) atoms. The summed E-state index contributed by atoms with van der Waals surface area (Å²) in [6, 6.07) is 18.2. The van der Waals surface area contributed by atoms with E-state index in [1.165, 1.54) is 0 Å². The van der Waals surface area contributed by atoms with E-state index in [1.54, 1.807) is 87.5 Å². The van der Waals surface area contributed by atoms with E-state index >= 15 is 0 Å². The molecule has 0 unspecified atom stereocenters. The van der Waals surface area contributed by atoms with Gasteiger partial charge in [-0.1, -0.05) is 24.3 Å². The first kappa shape index (κ1) is 23.3. The zero-order chi connectivity index (χ0) is 23.5. The van der Waals surface area contributed by atoms with Crippen LogP contribution in [0.5, 0.6) is 5.75 Å². The number of nitrogens with two attached hydrogens (primary N) is 1. The minimum Gasteiger partial charge on any atom is -0.481 e. The van der Waals surface area contributed by atoms with E-state index in [-0.39, 0.29) is 16.4 Å². The van der Waals surface area contributed by atoms with Gasteiger partial charge in [0, 0.05) is 11.3 Å². The van der Waals surface area contributed by atoms with Gasteiger partial charge in [0.15, 0.2) is 6.61 Å². The van der Waals surface area contributed by atoms with Crippen molar-refractivity contribution in [1.82, 2.24) is 0 Å². The van der Waals surface area contributed by atoms with Crippen molar-refractivity contribution in [1.29, 1.82) is 0 Å². The minimum absolute atomic E-state index is 0.157. The molecule has 3 aromatic rings. The van der Waals surface area contributed by atoms with Gasteiger partial charge in [-0.05, 0) is 81.3 Å². The summed E-state index contributed by atoms with van der Waals surface area (Å²) >= 11 is 0. The predicted octanol–water partition coefficient (Wildman–Crippen LogP) is 4.80. The maximum Gasteiger partial charge on any atom is 0.344 e. The molecular formula is C25H27NO5S. The molecule has 0 aliphatic rings. The number of ether oxygens (including phenoxy) is 2. The first-order valence-electron chi connectivity index (χ1n) is 10.1. The fourth-order valence-corrected chi connectivity index (χ4v) is 4.49. The lowest BCUT2D eigenvalue weighted by molar-refractivity contribution is -0.157. The number of carbonyl (C=O) groups excluding carboxylic acids is 1. The third-order valence-electron chi connectivity index (χ3n) is 4.63. The molecule has 7 heteroatoms. The molecule has 3 rings (SSSR count). The van der Waals surface area contributed by atoms with Gasteiger partial charge in [-0.2, -0.15) is 0 Å². The van der Waals surface area contributed by atoms with Crippen LogP contribution in [0.25, 0.3) is 11.1 Å². The van der Waals surface area contributed by atoms with Crippen molar-refractivity contribution in [2.24, 2.45) is 0 Å². The molecular weight excluding hydrogens is 426 g/mol. The number of hydrogen-bond acceptors (Lipinski definition) is 6. The third kappa shape index (κ3) is 5.48. The molecule has 0 aliphatic heterocycles. The molecule has 0 heterocycles. The summed E-state index contributed by atoms with van der Waals surface area (Å²) in [7, 11) is -3.70. The monoisotopic (exact) mass is 453 g/mol. The zero-order valence-corrected chi connectivity index (χ0v) is 19.4. The van der Waals surface area contributed by atoms with Gasteiger partial charge in [0.1, 0.15) is 11.4 Å².